The molecule has 21 heavy (non-hydrogen) atoms. The number of rotatable bonds is 2. The molecule has 0 bridgehead atoms. The summed E-state index contributed by atoms with van der Waals surface area (Å²) in [5, 5.41) is 4.18. The number of esters is 1. The Morgan fingerprint density at radius 2 is 2.00 bits per heavy atom. The second kappa shape index (κ2) is 4.97. The van der Waals surface area contributed by atoms with E-state index in [1.54, 1.807) is 10.7 Å². The number of aromatic nitrogens is 4. The van der Waals surface area contributed by atoms with Crippen molar-refractivity contribution in [3.63, 3.8) is 0 Å². The number of carbonyl (C=O) groups is 1. The fourth-order valence-electron chi connectivity index (χ4n) is 2.09. The SMILES string of the molecule is COC(=O)c1nc2nccc(-c3ccc(C)c(C)c3)n2n1. The van der Waals surface area contributed by atoms with Crippen LogP contribution in [-0.4, -0.2) is 32.7 Å². The zero-order valence-corrected chi connectivity index (χ0v) is 12.0. The molecule has 0 saturated carbocycles. The summed E-state index contributed by atoms with van der Waals surface area (Å²) in [5.74, 6) is -0.209. The van der Waals surface area contributed by atoms with E-state index in [4.69, 9.17) is 0 Å². The smallest absolute Gasteiger partial charge is 0.378 e. The van der Waals surface area contributed by atoms with Crippen LogP contribution < -0.4 is 0 Å². The Hall–Kier alpha value is -2.76. The molecule has 0 saturated heterocycles. The fourth-order valence-corrected chi connectivity index (χ4v) is 2.09. The van der Waals surface area contributed by atoms with E-state index in [1.807, 2.05) is 12.1 Å². The molecule has 106 valence electrons. The van der Waals surface area contributed by atoms with Gasteiger partial charge in [-0.3, -0.25) is 0 Å². The summed E-state index contributed by atoms with van der Waals surface area (Å²) < 4.78 is 6.19. The minimum atomic E-state index is -0.577. The largest absolute Gasteiger partial charge is 0.463 e. The summed E-state index contributed by atoms with van der Waals surface area (Å²) in [6.07, 6.45) is 1.65. The third-order valence-electron chi connectivity index (χ3n) is 3.41. The summed E-state index contributed by atoms with van der Waals surface area (Å²) in [5.41, 5.74) is 4.22. The number of methoxy groups -OCH3 is 1. The quantitative estimate of drug-likeness (QED) is 0.674. The van der Waals surface area contributed by atoms with Gasteiger partial charge in [-0.2, -0.15) is 9.50 Å². The number of nitrogens with zero attached hydrogens (tertiary/aromatic N) is 4. The summed E-state index contributed by atoms with van der Waals surface area (Å²) in [7, 11) is 1.30. The topological polar surface area (TPSA) is 69.4 Å². The number of aryl methyl sites for hydroxylation is 2. The molecule has 6 nitrogen and oxygen atoms in total. The first kappa shape index (κ1) is 13.2. The third kappa shape index (κ3) is 2.24. The summed E-state index contributed by atoms with van der Waals surface area (Å²) in [6.45, 7) is 4.12. The van der Waals surface area contributed by atoms with Crippen LogP contribution in [0, 0.1) is 13.8 Å². The Morgan fingerprint density at radius 3 is 2.71 bits per heavy atom. The maximum Gasteiger partial charge on any atom is 0.378 e. The molecule has 0 amide bonds. The second-order valence-electron chi connectivity index (χ2n) is 4.77. The molecule has 6 heteroatoms. The van der Waals surface area contributed by atoms with Crippen molar-refractivity contribution >= 4 is 11.7 Å². The van der Waals surface area contributed by atoms with Crippen LogP contribution in [0.3, 0.4) is 0 Å². The van der Waals surface area contributed by atoms with Crippen molar-refractivity contribution < 1.29 is 9.53 Å². The molecular weight excluding hydrogens is 268 g/mol. The highest BCUT2D eigenvalue weighted by atomic mass is 16.5. The molecule has 0 aliphatic rings. The molecular formula is C15H14N4O2. The van der Waals surface area contributed by atoms with Crippen molar-refractivity contribution in [3.05, 3.63) is 47.4 Å². The van der Waals surface area contributed by atoms with Gasteiger partial charge in [0, 0.05) is 11.8 Å². The van der Waals surface area contributed by atoms with E-state index in [1.165, 1.54) is 18.2 Å². The van der Waals surface area contributed by atoms with E-state index in [-0.39, 0.29) is 5.82 Å². The van der Waals surface area contributed by atoms with Crippen LogP contribution in [-0.2, 0) is 4.74 Å². The Balaban J connectivity index is 2.20. The number of benzene rings is 1. The first-order valence-corrected chi connectivity index (χ1v) is 6.48. The van der Waals surface area contributed by atoms with E-state index in [2.05, 4.69) is 45.8 Å². The van der Waals surface area contributed by atoms with Crippen molar-refractivity contribution in [2.45, 2.75) is 13.8 Å². The lowest BCUT2D eigenvalue weighted by molar-refractivity contribution is 0.0587. The van der Waals surface area contributed by atoms with Crippen molar-refractivity contribution in [3.8, 4) is 11.3 Å². The molecule has 2 aromatic heterocycles. The lowest BCUT2D eigenvalue weighted by atomic mass is 10.0. The van der Waals surface area contributed by atoms with E-state index in [9.17, 15) is 4.79 Å². The molecule has 2 heterocycles. The number of hydrogen-bond donors (Lipinski definition) is 0. The average molecular weight is 282 g/mol. The van der Waals surface area contributed by atoms with Crippen LogP contribution in [0.25, 0.3) is 17.0 Å². The molecule has 0 aliphatic carbocycles. The summed E-state index contributed by atoms with van der Waals surface area (Å²) in [4.78, 5) is 19.7. The Bertz CT molecular complexity index is 839. The van der Waals surface area contributed by atoms with Crippen molar-refractivity contribution in [2.75, 3.05) is 7.11 Å². The van der Waals surface area contributed by atoms with E-state index < -0.39 is 5.97 Å². The van der Waals surface area contributed by atoms with Gasteiger partial charge in [0.25, 0.3) is 11.6 Å². The average Bonchev–Trinajstić information content (AvgIpc) is 2.93. The Labute approximate surface area is 121 Å². The molecule has 3 aromatic rings. The summed E-state index contributed by atoms with van der Waals surface area (Å²) in [6, 6.07) is 7.97. The van der Waals surface area contributed by atoms with E-state index in [0.717, 1.165) is 11.3 Å². The van der Waals surface area contributed by atoms with Crippen LogP contribution in [0.15, 0.2) is 30.5 Å². The molecule has 0 N–H and O–H groups in total. The van der Waals surface area contributed by atoms with Gasteiger partial charge in [0.2, 0.25) is 0 Å². The van der Waals surface area contributed by atoms with Gasteiger partial charge in [-0.1, -0.05) is 12.1 Å². The lowest BCUT2D eigenvalue weighted by Crippen LogP contribution is -2.04. The van der Waals surface area contributed by atoms with E-state index >= 15 is 0 Å². The number of ether oxygens (including phenoxy) is 1. The minimum absolute atomic E-state index is 0.00119. The highest BCUT2D eigenvalue weighted by Crippen LogP contribution is 2.22. The molecule has 3 rings (SSSR count). The van der Waals surface area contributed by atoms with Crippen LogP contribution in [0.4, 0.5) is 0 Å². The Kier molecular flexibility index (Phi) is 3.13. The van der Waals surface area contributed by atoms with Crippen LogP contribution in [0.2, 0.25) is 0 Å². The van der Waals surface area contributed by atoms with Gasteiger partial charge in [-0.05, 0) is 37.1 Å². The van der Waals surface area contributed by atoms with Gasteiger partial charge in [-0.25, -0.2) is 9.78 Å². The molecule has 1 aromatic carbocycles. The monoisotopic (exact) mass is 282 g/mol. The van der Waals surface area contributed by atoms with Crippen molar-refractivity contribution in [2.24, 2.45) is 0 Å². The van der Waals surface area contributed by atoms with Crippen LogP contribution >= 0.6 is 0 Å². The number of fused-ring (bicyclic) bond motifs is 1. The normalized spacial score (nSPS) is 10.8. The van der Waals surface area contributed by atoms with Gasteiger partial charge >= 0.3 is 5.97 Å². The first-order valence-electron chi connectivity index (χ1n) is 6.48. The molecule has 0 atom stereocenters. The molecule has 0 radical (unpaired) electrons. The Morgan fingerprint density at radius 1 is 1.19 bits per heavy atom. The van der Waals surface area contributed by atoms with Gasteiger partial charge in [0.15, 0.2) is 0 Å². The van der Waals surface area contributed by atoms with E-state index in [0.29, 0.717) is 5.78 Å². The third-order valence-corrected chi connectivity index (χ3v) is 3.41. The minimum Gasteiger partial charge on any atom is -0.463 e. The number of carbonyl (C=O) groups excluding carboxylic acids is 1. The fraction of sp³-hybridized carbons (Fsp3) is 0.200. The molecule has 0 unspecified atom stereocenters. The molecule has 0 fully saturated rings. The predicted molar refractivity (Wildman–Crippen MR) is 77.0 cm³/mol. The zero-order chi connectivity index (χ0) is 15.0. The summed E-state index contributed by atoms with van der Waals surface area (Å²) >= 11 is 0. The maximum absolute atomic E-state index is 11.5. The van der Waals surface area contributed by atoms with Crippen molar-refractivity contribution in [1.82, 2.24) is 19.6 Å². The zero-order valence-electron chi connectivity index (χ0n) is 12.0. The van der Waals surface area contributed by atoms with Gasteiger partial charge in [-0.15, -0.1) is 5.10 Å². The van der Waals surface area contributed by atoms with Gasteiger partial charge in [0.1, 0.15) is 0 Å². The first-order chi connectivity index (χ1) is 10.1. The predicted octanol–water partition coefficient (Wildman–Crippen LogP) is 2.19. The maximum atomic E-state index is 11.5. The standard InChI is InChI=1S/C15H14N4O2/c1-9-4-5-11(8-10(9)2)12-6-7-16-15-17-13(14(20)21-3)18-19(12)15/h4-8H,1-3H3. The highest BCUT2D eigenvalue weighted by Gasteiger charge is 2.16. The van der Waals surface area contributed by atoms with Crippen molar-refractivity contribution in [1.29, 1.82) is 0 Å². The highest BCUT2D eigenvalue weighted by molar-refractivity contribution is 5.85. The molecule has 0 spiro atoms. The van der Waals surface area contributed by atoms with Gasteiger partial charge in [0.05, 0.1) is 12.8 Å². The van der Waals surface area contributed by atoms with Crippen LogP contribution in [0.5, 0.6) is 0 Å². The lowest BCUT2D eigenvalue weighted by Gasteiger charge is -2.06. The molecule has 0 aliphatic heterocycles. The van der Waals surface area contributed by atoms with Crippen LogP contribution in [0.1, 0.15) is 21.7 Å². The number of hydrogen-bond acceptors (Lipinski definition) is 5. The van der Waals surface area contributed by atoms with Gasteiger partial charge < -0.3 is 4.74 Å². The second-order valence-corrected chi connectivity index (χ2v) is 4.77.